The Morgan fingerprint density at radius 1 is 0.500 bits per heavy atom. The van der Waals surface area contributed by atoms with Gasteiger partial charge >= 0.3 is 0 Å². The van der Waals surface area contributed by atoms with Gasteiger partial charge in [0.25, 0.3) is 0 Å². The predicted molar refractivity (Wildman–Crippen MR) is 158 cm³/mol. The van der Waals surface area contributed by atoms with E-state index in [1.165, 1.54) is 21.8 Å². The van der Waals surface area contributed by atoms with Gasteiger partial charge in [-0.2, -0.15) is 0 Å². The summed E-state index contributed by atoms with van der Waals surface area (Å²) in [7, 11) is 0. The first-order valence-electron chi connectivity index (χ1n) is 12.4. The molecule has 7 rings (SSSR count). The van der Waals surface area contributed by atoms with Crippen molar-refractivity contribution >= 4 is 37.7 Å². The van der Waals surface area contributed by atoms with Gasteiger partial charge in [-0.25, -0.2) is 4.98 Å². The van der Waals surface area contributed by atoms with Crippen LogP contribution >= 0.6 is 15.9 Å². The minimum atomic E-state index is 0.820. The number of hydrogen-bond acceptors (Lipinski definition) is 3. The average Bonchev–Trinajstić information content (AvgIpc) is 3.31. The van der Waals surface area contributed by atoms with E-state index in [0.29, 0.717) is 0 Å². The molecular formula is C33H21BrN4. The SMILES string of the molecule is Brc1ccc2c(c1)c1ccccc1n2-c1ccc(-c2cc(-c3ccccn3)nc(-c3ccccn3)c2)cc1. The van der Waals surface area contributed by atoms with Crippen LogP contribution in [0.4, 0.5) is 0 Å². The molecule has 0 aliphatic rings. The molecule has 0 radical (unpaired) electrons. The number of pyridine rings is 3. The highest BCUT2D eigenvalue weighted by atomic mass is 79.9. The number of rotatable bonds is 4. The Hall–Kier alpha value is -4.61. The predicted octanol–water partition coefficient (Wildman–Crippen LogP) is 8.73. The minimum absolute atomic E-state index is 0.820. The van der Waals surface area contributed by atoms with Gasteiger partial charge in [0.05, 0.1) is 33.8 Å². The summed E-state index contributed by atoms with van der Waals surface area (Å²) >= 11 is 3.64. The summed E-state index contributed by atoms with van der Waals surface area (Å²) in [6.07, 6.45) is 3.59. The van der Waals surface area contributed by atoms with Gasteiger partial charge in [-0.1, -0.05) is 58.4 Å². The molecule has 0 amide bonds. The van der Waals surface area contributed by atoms with Crippen LogP contribution in [0.15, 0.2) is 132 Å². The van der Waals surface area contributed by atoms with Crippen LogP contribution < -0.4 is 0 Å². The van der Waals surface area contributed by atoms with Crippen molar-refractivity contribution in [2.45, 2.75) is 0 Å². The topological polar surface area (TPSA) is 43.6 Å². The summed E-state index contributed by atoms with van der Waals surface area (Å²) in [5.41, 5.74) is 8.97. The third-order valence-electron chi connectivity index (χ3n) is 6.77. The first kappa shape index (κ1) is 22.6. The molecule has 180 valence electrons. The Morgan fingerprint density at radius 3 is 1.79 bits per heavy atom. The fourth-order valence-corrected chi connectivity index (χ4v) is 5.38. The summed E-state index contributed by atoms with van der Waals surface area (Å²) in [6.45, 7) is 0. The molecule has 0 N–H and O–H groups in total. The Kier molecular flexibility index (Phi) is 5.56. The lowest BCUT2D eigenvalue weighted by Crippen LogP contribution is -1.95. The van der Waals surface area contributed by atoms with Gasteiger partial charge in [0.2, 0.25) is 0 Å². The first-order chi connectivity index (χ1) is 18.7. The second-order valence-electron chi connectivity index (χ2n) is 9.12. The fraction of sp³-hybridized carbons (Fsp3) is 0. The van der Waals surface area contributed by atoms with Crippen LogP contribution in [0.3, 0.4) is 0 Å². The molecule has 5 heteroatoms. The summed E-state index contributed by atoms with van der Waals surface area (Å²) in [5.74, 6) is 0. The highest BCUT2D eigenvalue weighted by Crippen LogP contribution is 2.35. The third kappa shape index (κ3) is 3.98. The number of hydrogen-bond donors (Lipinski definition) is 0. The van der Waals surface area contributed by atoms with E-state index in [9.17, 15) is 0 Å². The normalized spacial score (nSPS) is 11.3. The zero-order valence-electron chi connectivity index (χ0n) is 20.3. The summed E-state index contributed by atoms with van der Waals surface area (Å²) in [6, 6.07) is 39.7. The Morgan fingerprint density at radius 2 is 1.13 bits per heavy atom. The second-order valence-corrected chi connectivity index (χ2v) is 10.0. The summed E-state index contributed by atoms with van der Waals surface area (Å²) < 4.78 is 3.40. The van der Waals surface area contributed by atoms with Crippen molar-refractivity contribution in [3.63, 3.8) is 0 Å². The van der Waals surface area contributed by atoms with Gasteiger partial charge in [-0.05, 0) is 83.9 Å². The molecule has 4 aromatic heterocycles. The number of aromatic nitrogens is 4. The van der Waals surface area contributed by atoms with Crippen molar-refractivity contribution in [1.29, 1.82) is 0 Å². The van der Waals surface area contributed by atoms with Gasteiger partial charge in [-0.3, -0.25) is 9.97 Å². The maximum atomic E-state index is 4.90. The van der Waals surface area contributed by atoms with E-state index in [4.69, 9.17) is 4.98 Å². The number of fused-ring (bicyclic) bond motifs is 3. The third-order valence-corrected chi connectivity index (χ3v) is 7.27. The van der Waals surface area contributed by atoms with Gasteiger partial charge in [0.15, 0.2) is 0 Å². The van der Waals surface area contributed by atoms with E-state index < -0.39 is 0 Å². The Bertz CT molecular complexity index is 1850. The van der Waals surface area contributed by atoms with Crippen molar-refractivity contribution in [2.24, 2.45) is 0 Å². The molecule has 0 unspecified atom stereocenters. The number of benzene rings is 3. The van der Waals surface area contributed by atoms with Gasteiger partial charge < -0.3 is 4.57 Å². The highest BCUT2D eigenvalue weighted by Gasteiger charge is 2.14. The van der Waals surface area contributed by atoms with E-state index in [1.54, 1.807) is 12.4 Å². The van der Waals surface area contributed by atoms with Crippen LogP contribution in [0.25, 0.3) is 61.4 Å². The molecule has 0 spiro atoms. The second kappa shape index (κ2) is 9.36. The van der Waals surface area contributed by atoms with Crippen LogP contribution in [0.1, 0.15) is 0 Å². The molecule has 4 heterocycles. The minimum Gasteiger partial charge on any atom is -0.309 e. The van der Waals surface area contributed by atoms with Crippen LogP contribution in [-0.4, -0.2) is 19.5 Å². The lowest BCUT2D eigenvalue weighted by molar-refractivity contribution is 1.18. The van der Waals surface area contributed by atoms with E-state index in [2.05, 4.69) is 109 Å². The summed E-state index contributed by atoms with van der Waals surface area (Å²) in [4.78, 5) is 14.0. The summed E-state index contributed by atoms with van der Waals surface area (Å²) in [5, 5.41) is 2.47. The van der Waals surface area contributed by atoms with Crippen LogP contribution in [0.2, 0.25) is 0 Å². The Balaban J connectivity index is 1.37. The van der Waals surface area contributed by atoms with Gasteiger partial charge in [0.1, 0.15) is 0 Å². The van der Waals surface area contributed by atoms with E-state index in [-0.39, 0.29) is 0 Å². The van der Waals surface area contributed by atoms with Crippen molar-refractivity contribution < 1.29 is 0 Å². The van der Waals surface area contributed by atoms with Crippen molar-refractivity contribution in [3.8, 4) is 39.6 Å². The molecule has 7 aromatic rings. The maximum absolute atomic E-state index is 4.90. The van der Waals surface area contributed by atoms with E-state index in [0.717, 1.165) is 44.1 Å². The lowest BCUT2D eigenvalue weighted by atomic mass is 10.0. The number of halogens is 1. The molecule has 0 aliphatic carbocycles. The molecule has 3 aromatic carbocycles. The van der Waals surface area contributed by atoms with Crippen molar-refractivity contribution in [3.05, 3.63) is 132 Å². The lowest BCUT2D eigenvalue weighted by Gasteiger charge is -2.11. The van der Waals surface area contributed by atoms with Crippen LogP contribution in [0.5, 0.6) is 0 Å². The van der Waals surface area contributed by atoms with Crippen LogP contribution in [0, 0.1) is 0 Å². The first-order valence-corrected chi connectivity index (χ1v) is 13.2. The van der Waals surface area contributed by atoms with Gasteiger partial charge in [0, 0.05) is 33.3 Å². The molecule has 0 saturated heterocycles. The zero-order chi connectivity index (χ0) is 25.5. The zero-order valence-corrected chi connectivity index (χ0v) is 21.9. The highest BCUT2D eigenvalue weighted by molar-refractivity contribution is 9.10. The van der Waals surface area contributed by atoms with Gasteiger partial charge in [-0.15, -0.1) is 0 Å². The molecule has 0 aliphatic heterocycles. The van der Waals surface area contributed by atoms with Crippen molar-refractivity contribution in [2.75, 3.05) is 0 Å². The maximum Gasteiger partial charge on any atom is 0.0900 e. The molecule has 0 fully saturated rings. The molecule has 4 nitrogen and oxygen atoms in total. The van der Waals surface area contributed by atoms with Crippen molar-refractivity contribution in [1.82, 2.24) is 19.5 Å². The largest absolute Gasteiger partial charge is 0.309 e. The number of nitrogens with zero attached hydrogens (tertiary/aromatic N) is 4. The van der Waals surface area contributed by atoms with Crippen LogP contribution in [-0.2, 0) is 0 Å². The quantitative estimate of drug-likeness (QED) is 0.219. The average molecular weight is 553 g/mol. The number of para-hydroxylation sites is 1. The Labute approximate surface area is 228 Å². The molecular weight excluding hydrogens is 532 g/mol. The van der Waals surface area contributed by atoms with E-state index >= 15 is 0 Å². The fourth-order valence-electron chi connectivity index (χ4n) is 5.01. The molecule has 0 bridgehead atoms. The molecule has 0 atom stereocenters. The smallest absolute Gasteiger partial charge is 0.0900 e. The standard InChI is InChI=1S/C33H21BrN4/c34-24-13-16-33-27(21-24)26-7-1-2-10-32(26)38(33)25-14-11-22(12-15-25)23-19-30(28-8-3-5-17-35-28)37-31(20-23)29-9-4-6-18-36-29/h1-21H. The van der Waals surface area contributed by atoms with E-state index in [1.807, 2.05) is 36.4 Å². The molecule has 0 saturated carbocycles. The monoisotopic (exact) mass is 552 g/mol. The molecule has 38 heavy (non-hydrogen) atoms.